The molecule has 0 fully saturated rings. The van der Waals surface area contributed by atoms with Crippen molar-refractivity contribution in [3.63, 3.8) is 0 Å². The summed E-state index contributed by atoms with van der Waals surface area (Å²) in [7, 11) is 0. The van der Waals surface area contributed by atoms with E-state index in [-0.39, 0.29) is 11.5 Å². The number of rotatable bonds is 4. The van der Waals surface area contributed by atoms with Crippen molar-refractivity contribution >= 4 is 40.6 Å². The van der Waals surface area contributed by atoms with Gasteiger partial charge in [0.25, 0.3) is 5.91 Å². The molecule has 1 heterocycles. The summed E-state index contributed by atoms with van der Waals surface area (Å²) in [6.45, 7) is 1.38. The lowest BCUT2D eigenvalue weighted by atomic mass is 9.88. The van der Waals surface area contributed by atoms with Crippen LogP contribution in [0.5, 0.6) is 0 Å². The summed E-state index contributed by atoms with van der Waals surface area (Å²) >= 11 is 5.94. The first kappa shape index (κ1) is 17.1. The van der Waals surface area contributed by atoms with Crippen molar-refractivity contribution in [2.24, 2.45) is 0 Å². The number of fused-ring (bicyclic) bond motifs is 1. The lowest BCUT2D eigenvalue weighted by molar-refractivity contribution is -0.133. The Morgan fingerprint density at radius 3 is 2.52 bits per heavy atom. The van der Waals surface area contributed by atoms with Gasteiger partial charge in [0, 0.05) is 34.4 Å². The number of carbonyl (C=O) groups is 3. The van der Waals surface area contributed by atoms with Gasteiger partial charge < -0.3 is 15.7 Å². The second-order valence-electron chi connectivity index (χ2n) is 5.86. The van der Waals surface area contributed by atoms with Crippen molar-refractivity contribution in [1.29, 1.82) is 0 Å². The fraction of sp³-hybridized carbons (Fsp3) is 0.167. The lowest BCUT2D eigenvalue weighted by Crippen LogP contribution is -2.36. The van der Waals surface area contributed by atoms with Crippen molar-refractivity contribution in [2.45, 2.75) is 18.9 Å². The number of hydrogen-bond acceptors (Lipinski definition) is 4. The number of Topliss-reactive ketones (excluding diaryl/α,β-unsaturated/α-hetero) is 1. The topological polar surface area (TPSA) is 95.5 Å². The number of aliphatic hydroxyl groups is 1. The van der Waals surface area contributed by atoms with Crippen LogP contribution in [0.3, 0.4) is 0 Å². The van der Waals surface area contributed by atoms with Crippen LogP contribution in [-0.4, -0.2) is 22.7 Å². The molecule has 3 rings (SSSR count). The van der Waals surface area contributed by atoms with E-state index < -0.39 is 23.7 Å². The van der Waals surface area contributed by atoms with Gasteiger partial charge in [-0.25, -0.2) is 0 Å². The minimum atomic E-state index is -1.96. The van der Waals surface area contributed by atoms with Crippen LogP contribution in [0.1, 0.15) is 29.3 Å². The number of benzene rings is 2. The molecule has 25 heavy (non-hydrogen) atoms. The number of hydrogen-bond donors (Lipinski definition) is 3. The molecule has 0 bridgehead atoms. The Balaban J connectivity index is 1.84. The van der Waals surface area contributed by atoms with E-state index >= 15 is 0 Å². The number of nitrogens with one attached hydrogen (secondary N) is 2. The fourth-order valence-corrected chi connectivity index (χ4v) is 2.94. The average Bonchev–Trinajstić information content (AvgIpc) is 2.79. The van der Waals surface area contributed by atoms with Crippen molar-refractivity contribution in [3.05, 3.63) is 58.6 Å². The van der Waals surface area contributed by atoms with Crippen molar-refractivity contribution < 1.29 is 19.5 Å². The van der Waals surface area contributed by atoms with E-state index in [9.17, 15) is 19.5 Å². The standard InChI is InChI=1S/C18H15ClN2O4/c1-10(22)20-13-5-2-11(3-6-13)16(23)9-18(25)14-8-12(19)4-7-15(14)21-17(18)24/h2-8,25H,9H2,1H3,(H,20,22)(H,21,24). The van der Waals surface area contributed by atoms with Crippen LogP contribution in [0.4, 0.5) is 11.4 Å². The third-order valence-electron chi connectivity index (χ3n) is 3.99. The summed E-state index contributed by atoms with van der Waals surface area (Å²) in [4.78, 5) is 35.7. The van der Waals surface area contributed by atoms with Gasteiger partial charge in [0.15, 0.2) is 11.4 Å². The van der Waals surface area contributed by atoms with Crippen molar-refractivity contribution in [3.8, 4) is 0 Å². The molecule has 1 aliphatic heterocycles. The first-order valence-corrected chi connectivity index (χ1v) is 7.92. The molecule has 0 aliphatic carbocycles. The van der Waals surface area contributed by atoms with Crippen molar-refractivity contribution in [1.82, 2.24) is 0 Å². The van der Waals surface area contributed by atoms with Gasteiger partial charge in [0.05, 0.1) is 6.42 Å². The second kappa shape index (κ2) is 6.31. The van der Waals surface area contributed by atoms with E-state index in [1.807, 2.05) is 0 Å². The van der Waals surface area contributed by atoms with E-state index in [0.29, 0.717) is 22.0 Å². The number of halogens is 1. The summed E-state index contributed by atoms with van der Waals surface area (Å²) in [5.74, 6) is -1.28. The number of amides is 2. The van der Waals surface area contributed by atoms with Crippen LogP contribution in [-0.2, 0) is 15.2 Å². The predicted molar refractivity (Wildman–Crippen MR) is 93.7 cm³/mol. The summed E-state index contributed by atoms with van der Waals surface area (Å²) < 4.78 is 0. The molecule has 0 radical (unpaired) electrons. The minimum absolute atomic E-state index is 0.218. The normalized spacial score (nSPS) is 18.4. The average molecular weight is 359 g/mol. The van der Waals surface area contributed by atoms with Gasteiger partial charge >= 0.3 is 0 Å². The lowest BCUT2D eigenvalue weighted by Gasteiger charge is -2.20. The highest BCUT2D eigenvalue weighted by molar-refractivity contribution is 6.31. The van der Waals surface area contributed by atoms with Crippen molar-refractivity contribution in [2.75, 3.05) is 10.6 Å². The number of carbonyl (C=O) groups excluding carboxylic acids is 3. The van der Waals surface area contributed by atoms with E-state index in [1.165, 1.54) is 25.1 Å². The highest BCUT2D eigenvalue weighted by atomic mass is 35.5. The van der Waals surface area contributed by atoms with Gasteiger partial charge in [-0.15, -0.1) is 0 Å². The second-order valence-corrected chi connectivity index (χ2v) is 6.30. The summed E-state index contributed by atoms with van der Waals surface area (Å²) in [5.41, 5.74) is -0.364. The quantitative estimate of drug-likeness (QED) is 0.732. The first-order valence-electron chi connectivity index (χ1n) is 7.54. The van der Waals surface area contributed by atoms with Crippen LogP contribution in [0.15, 0.2) is 42.5 Å². The smallest absolute Gasteiger partial charge is 0.261 e. The van der Waals surface area contributed by atoms with Gasteiger partial charge in [-0.3, -0.25) is 14.4 Å². The third-order valence-corrected chi connectivity index (χ3v) is 4.23. The summed E-state index contributed by atoms with van der Waals surface area (Å²) in [6, 6.07) is 10.9. The molecular formula is C18H15ClN2O4. The molecule has 0 aromatic heterocycles. The van der Waals surface area contributed by atoms with Gasteiger partial charge in [-0.05, 0) is 42.5 Å². The van der Waals surface area contributed by atoms with Gasteiger partial charge in [0.2, 0.25) is 5.91 Å². The zero-order valence-electron chi connectivity index (χ0n) is 13.3. The number of anilines is 2. The molecule has 2 aromatic carbocycles. The zero-order chi connectivity index (χ0) is 18.2. The molecule has 2 aromatic rings. The molecular weight excluding hydrogens is 344 g/mol. The fourth-order valence-electron chi connectivity index (χ4n) is 2.77. The Hall–Kier alpha value is -2.70. The predicted octanol–water partition coefficient (Wildman–Crippen LogP) is 2.71. The Morgan fingerprint density at radius 1 is 1.20 bits per heavy atom. The Labute approximate surface area is 148 Å². The highest BCUT2D eigenvalue weighted by Crippen LogP contribution is 2.40. The maximum absolute atomic E-state index is 12.5. The molecule has 1 atom stereocenters. The monoisotopic (exact) mass is 358 g/mol. The summed E-state index contributed by atoms with van der Waals surface area (Å²) in [5, 5.41) is 16.3. The van der Waals surface area contributed by atoms with Gasteiger partial charge in [-0.2, -0.15) is 0 Å². The van der Waals surface area contributed by atoms with E-state index in [4.69, 9.17) is 11.6 Å². The Kier molecular flexibility index (Phi) is 4.32. The summed E-state index contributed by atoms with van der Waals surface area (Å²) in [6.07, 6.45) is -0.411. The van der Waals surface area contributed by atoms with E-state index in [0.717, 1.165) is 0 Å². The van der Waals surface area contributed by atoms with E-state index in [1.54, 1.807) is 24.3 Å². The molecule has 1 unspecified atom stereocenters. The molecule has 0 saturated carbocycles. The maximum atomic E-state index is 12.5. The first-order chi connectivity index (χ1) is 11.8. The maximum Gasteiger partial charge on any atom is 0.261 e. The van der Waals surface area contributed by atoms with Crippen LogP contribution in [0.25, 0.3) is 0 Å². The molecule has 2 amide bonds. The van der Waals surface area contributed by atoms with Gasteiger partial charge in [-0.1, -0.05) is 11.6 Å². The Bertz CT molecular complexity index is 879. The SMILES string of the molecule is CC(=O)Nc1ccc(C(=O)CC2(O)C(=O)Nc3ccc(Cl)cc32)cc1. The minimum Gasteiger partial charge on any atom is -0.375 e. The van der Waals surface area contributed by atoms with Crippen LogP contribution in [0.2, 0.25) is 5.02 Å². The number of ketones is 1. The Morgan fingerprint density at radius 2 is 1.88 bits per heavy atom. The van der Waals surface area contributed by atoms with Crippen LogP contribution in [0, 0.1) is 0 Å². The molecule has 3 N–H and O–H groups in total. The molecule has 0 spiro atoms. The highest BCUT2D eigenvalue weighted by Gasteiger charge is 2.46. The molecule has 7 heteroatoms. The molecule has 1 aliphatic rings. The van der Waals surface area contributed by atoms with Crippen LogP contribution >= 0.6 is 11.6 Å². The molecule has 128 valence electrons. The molecule has 6 nitrogen and oxygen atoms in total. The van der Waals surface area contributed by atoms with Gasteiger partial charge in [0.1, 0.15) is 0 Å². The van der Waals surface area contributed by atoms with Crippen LogP contribution < -0.4 is 10.6 Å². The zero-order valence-corrected chi connectivity index (χ0v) is 14.1. The molecule has 0 saturated heterocycles. The largest absolute Gasteiger partial charge is 0.375 e. The van der Waals surface area contributed by atoms with E-state index in [2.05, 4.69) is 10.6 Å². The third kappa shape index (κ3) is 3.26.